The van der Waals surface area contributed by atoms with E-state index in [9.17, 15) is 0 Å². The third-order valence-electron chi connectivity index (χ3n) is 3.48. The lowest BCUT2D eigenvalue weighted by Gasteiger charge is -2.28. The quantitative estimate of drug-likeness (QED) is 0.853. The molecule has 0 radical (unpaired) electrons. The Morgan fingerprint density at radius 2 is 1.95 bits per heavy atom. The summed E-state index contributed by atoms with van der Waals surface area (Å²) < 4.78 is 10.9. The van der Waals surface area contributed by atoms with E-state index in [1.807, 2.05) is 6.92 Å². The third-order valence-corrected chi connectivity index (χ3v) is 3.48. The molecule has 1 aliphatic rings. The van der Waals surface area contributed by atoms with Gasteiger partial charge < -0.3 is 20.5 Å². The van der Waals surface area contributed by atoms with Gasteiger partial charge in [0.05, 0.1) is 0 Å². The molecule has 2 rings (SSSR count). The molecule has 4 nitrogen and oxygen atoms in total. The summed E-state index contributed by atoms with van der Waals surface area (Å²) in [4.78, 5) is 0. The molecule has 1 atom stereocenters. The van der Waals surface area contributed by atoms with Gasteiger partial charge in [-0.2, -0.15) is 0 Å². The van der Waals surface area contributed by atoms with Crippen LogP contribution in [0.2, 0.25) is 0 Å². The minimum absolute atomic E-state index is 0.0277. The Labute approximate surface area is 115 Å². The molecule has 1 aromatic carbocycles. The van der Waals surface area contributed by atoms with Crippen LogP contribution in [0.25, 0.3) is 0 Å². The van der Waals surface area contributed by atoms with Crippen LogP contribution in [0.3, 0.4) is 0 Å². The summed E-state index contributed by atoms with van der Waals surface area (Å²) in [5.74, 6) is 1.70. The second kappa shape index (κ2) is 5.39. The van der Waals surface area contributed by atoms with Crippen LogP contribution < -0.4 is 20.5 Å². The van der Waals surface area contributed by atoms with E-state index in [1.165, 1.54) is 11.1 Å². The highest BCUT2D eigenvalue weighted by atomic mass is 16.7. The number of benzene rings is 1. The van der Waals surface area contributed by atoms with Crippen LogP contribution >= 0.6 is 0 Å². The highest BCUT2D eigenvalue weighted by molar-refractivity contribution is 5.50. The van der Waals surface area contributed by atoms with E-state index in [-0.39, 0.29) is 11.5 Å². The Bertz CT molecular complexity index is 456. The van der Waals surface area contributed by atoms with Gasteiger partial charge in [0.2, 0.25) is 6.79 Å². The number of rotatable bonds is 5. The largest absolute Gasteiger partial charge is 0.454 e. The maximum Gasteiger partial charge on any atom is 0.231 e. The van der Waals surface area contributed by atoms with Gasteiger partial charge in [-0.1, -0.05) is 13.8 Å². The number of ether oxygens (including phenoxy) is 2. The highest BCUT2D eigenvalue weighted by Crippen LogP contribution is 2.38. The average Bonchev–Trinajstić information content (AvgIpc) is 2.73. The minimum Gasteiger partial charge on any atom is -0.454 e. The fraction of sp³-hybridized carbons (Fsp3) is 0.600. The summed E-state index contributed by atoms with van der Waals surface area (Å²) in [5.41, 5.74) is 8.31. The topological polar surface area (TPSA) is 56.5 Å². The predicted molar refractivity (Wildman–Crippen MR) is 76.8 cm³/mol. The first-order valence-corrected chi connectivity index (χ1v) is 6.77. The number of hydrogen-bond donors (Lipinski definition) is 2. The summed E-state index contributed by atoms with van der Waals surface area (Å²) >= 11 is 0. The molecule has 0 spiro atoms. The Kier molecular flexibility index (Phi) is 4.02. The van der Waals surface area contributed by atoms with Gasteiger partial charge in [-0.05, 0) is 37.1 Å². The molecule has 19 heavy (non-hydrogen) atoms. The molecule has 1 unspecified atom stereocenters. The van der Waals surface area contributed by atoms with E-state index in [2.05, 4.69) is 38.2 Å². The zero-order valence-electron chi connectivity index (χ0n) is 12.2. The third kappa shape index (κ3) is 3.19. The van der Waals surface area contributed by atoms with E-state index in [4.69, 9.17) is 15.2 Å². The maximum atomic E-state index is 5.77. The van der Waals surface area contributed by atoms with Gasteiger partial charge in [0, 0.05) is 24.5 Å². The lowest BCUT2D eigenvalue weighted by atomic mass is 9.81. The second-order valence-electron chi connectivity index (χ2n) is 6.01. The minimum atomic E-state index is 0.0277. The van der Waals surface area contributed by atoms with Crippen molar-refractivity contribution in [2.75, 3.05) is 19.9 Å². The summed E-state index contributed by atoms with van der Waals surface area (Å²) in [6, 6.07) is 4.34. The summed E-state index contributed by atoms with van der Waals surface area (Å²) in [6.45, 7) is 10.6. The lowest BCUT2D eigenvalue weighted by molar-refractivity contribution is 0.174. The Morgan fingerprint density at radius 3 is 2.58 bits per heavy atom. The van der Waals surface area contributed by atoms with Crippen molar-refractivity contribution in [2.24, 2.45) is 5.73 Å². The number of nitrogens with two attached hydrogens (primary N) is 1. The number of fused-ring (bicyclic) bond motifs is 1. The molecule has 4 heteroatoms. The standard InChI is InChI=1S/C15H24N2O2/c1-10-5-13-14(19-9-18-13)6-12(10)15(3,4)8-17-7-11(2)16/h5-6,11,17H,7-9,16H2,1-4H3. The van der Waals surface area contributed by atoms with Crippen molar-refractivity contribution < 1.29 is 9.47 Å². The van der Waals surface area contributed by atoms with Gasteiger partial charge in [0.1, 0.15) is 0 Å². The SMILES string of the molecule is Cc1cc2c(cc1C(C)(C)CNCC(C)N)OCO2. The molecule has 106 valence electrons. The smallest absolute Gasteiger partial charge is 0.231 e. The van der Waals surface area contributed by atoms with Gasteiger partial charge in [0.25, 0.3) is 0 Å². The molecule has 1 aliphatic heterocycles. The Morgan fingerprint density at radius 1 is 1.32 bits per heavy atom. The van der Waals surface area contributed by atoms with Crippen molar-refractivity contribution in [3.05, 3.63) is 23.3 Å². The molecule has 0 aliphatic carbocycles. The summed E-state index contributed by atoms with van der Waals surface area (Å²) in [5, 5.41) is 3.42. The summed E-state index contributed by atoms with van der Waals surface area (Å²) in [7, 11) is 0. The molecule has 0 amide bonds. The molecule has 3 N–H and O–H groups in total. The average molecular weight is 264 g/mol. The van der Waals surface area contributed by atoms with Gasteiger partial charge in [-0.15, -0.1) is 0 Å². The predicted octanol–water partition coefficient (Wildman–Crippen LogP) is 1.94. The van der Waals surface area contributed by atoms with Crippen LogP contribution in [-0.2, 0) is 5.41 Å². The van der Waals surface area contributed by atoms with Crippen molar-refractivity contribution in [3.8, 4) is 11.5 Å². The van der Waals surface area contributed by atoms with Crippen molar-refractivity contribution in [1.29, 1.82) is 0 Å². The van der Waals surface area contributed by atoms with Gasteiger partial charge in [-0.3, -0.25) is 0 Å². The number of hydrogen-bond acceptors (Lipinski definition) is 4. The van der Waals surface area contributed by atoms with E-state index >= 15 is 0 Å². The van der Waals surface area contributed by atoms with Gasteiger partial charge >= 0.3 is 0 Å². The van der Waals surface area contributed by atoms with E-state index in [0.29, 0.717) is 6.79 Å². The Balaban J connectivity index is 2.15. The zero-order chi connectivity index (χ0) is 14.0. The molecular formula is C15H24N2O2. The van der Waals surface area contributed by atoms with Crippen molar-refractivity contribution in [3.63, 3.8) is 0 Å². The first kappa shape index (κ1) is 14.2. The van der Waals surface area contributed by atoms with E-state index in [0.717, 1.165) is 24.6 Å². The van der Waals surface area contributed by atoms with Crippen LogP contribution in [0.1, 0.15) is 31.9 Å². The second-order valence-corrected chi connectivity index (χ2v) is 6.01. The normalized spacial score (nSPS) is 15.6. The van der Waals surface area contributed by atoms with Crippen LogP contribution in [0.15, 0.2) is 12.1 Å². The van der Waals surface area contributed by atoms with E-state index < -0.39 is 0 Å². The van der Waals surface area contributed by atoms with Crippen molar-refractivity contribution >= 4 is 0 Å². The monoisotopic (exact) mass is 264 g/mol. The highest BCUT2D eigenvalue weighted by Gasteiger charge is 2.26. The van der Waals surface area contributed by atoms with Crippen LogP contribution in [0, 0.1) is 6.92 Å². The van der Waals surface area contributed by atoms with Gasteiger partial charge in [-0.25, -0.2) is 0 Å². The van der Waals surface area contributed by atoms with Crippen molar-refractivity contribution in [1.82, 2.24) is 5.32 Å². The molecule has 0 saturated heterocycles. The molecule has 0 fully saturated rings. The Hall–Kier alpha value is -1.26. The number of nitrogens with one attached hydrogen (secondary N) is 1. The summed E-state index contributed by atoms with van der Waals surface area (Å²) in [6.07, 6.45) is 0. The molecule has 0 saturated carbocycles. The molecule has 1 heterocycles. The van der Waals surface area contributed by atoms with Crippen LogP contribution in [0.4, 0.5) is 0 Å². The van der Waals surface area contributed by atoms with E-state index in [1.54, 1.807) is 0 Å². The first-order chi connectivity index (χ1) is 8.90. The molecule has 0 bridgehead atoms. The van der Waals surface area contributed by atoms with Crippen LogP contribution in [0.5, 0.6) is 11.5 Å². The van der Waals surface area contributed by atoms with Crippen LogP contribution in [-0.4, -0.2) is 25.9 Å². The van der Waals surface area contributed by atoms with Gasteiger partial charge in [0.15, 0.2) is 11.5 Å². The number of aryl methyl sites for hydroxylation is 1. The fourth-order valence-electron chi connectivity index (χ4n) is 2.48. The molecule has 1 aromatic rings. The van der Waals surface area contributed by atoms with Crippen molar-refractivity contribution in [2.45, 2.75) is 39.2 Å². The lowest BCUT2D eigenvalue weighted by Crippen LogP contribution is -2.39. The fourth-order valence-corrected chi connectivity index (χ4v) is 2.48. The zero-order valence-corrected chi connectivity index (χ0v) is 12.2. The molecular weight excluding hydrogens is 240 g/mol. The first-order valence-electron chi connectivity index (χ1n) is 6.77. The maximum absolute atomic E-state index is 5.77. The molecule has 0 aromatic heterocycles.